The summed E-state index contributed by atoms with van der Waals surface area (Å²) < 4.78 is 13.7. The SMILES string of the molecule is O=c1[nH]c(/C(Cl)=C/c2ccc(F)c(Br)c2)nc2sc3c(c12)CCCC3. The molecule has 128 valence electrons. The second kappa shape index (κ2) is 6.67. The van der Waals surface area contributed by atoms with Crippen molar-refractivity contribution < 1.29 is 4.39 Å². The van der Waals surface area contributed by atoms with Crippen LogP contribution in [0.1, 0.15) is 34.7 Å². The van der Waals surface area contributed by atoms with Crippen molar-refractivity contribution in [1.29, 1.82) is 0 Å². The topological polar surface area (TPSA) is 45.8 Å². The van der Waals surface area contributed by atoms with E-state index < -0.39 is 0 Å². The van der Waals surface area contributed by atoms with Crippen LogP contribution >= 0.6 is 38.9 Å². The largest absolute Gasteiger partial charge is 0.305 e. The number of benzene rings is 1. The second-order valence-corrected chi connectivity index (χ2v) is 8.32. The van der Waals surface area contributed by atoms with Crippen LogP contribution in [-0.2, 0) is 12.8 Å². The number of aromatic nitrogens is 2. The average Bonchev–Trinajstić information content (AvgIpc) is 2.97. The van der Waals surface area contributed by atoms with Crippen LogP contribution in [0.15, 0.2) is 27.5 Å². The van der Waals surface area contributed by atoms with E-state index >= 15 is 0 Å². The molecule has 1 aliphatic rings. The highest BCUT2D eigenvalue weighted by Gasteiger charge is 2.20. The Labute approximate surface area is 160 Å². The zero-order valence-electron chi connectivity index (χ0n) is 13.0. The van der Waals surface area contributed by atoms with Gasteiger partial charge in [-0.1, -0.05) is 17.7 Å². The Bertz CT molecular complexity index is 1070. The molecule has 4 rings (SSSR count). The van der Waals surface area contributed by atoms with Crippen LogP contribution in [0.4, 0.5) is 4.39 Å². The van der Waals surface area contributed by atoms with E-state index in [-0.39, 0.29) is 11.4 Å². The van der Waals surface area contributed by atoms with Gasteiger partial charge in [-0.05, 0) is 70.9 Å². The Hall–Kier alpha value is -1.50. The first-order chi connectivity index (χ1) is 12.0. The average molecular weight is 440 g/mol. The summed E-state index contributed by atoms with van der Waals surface area (Å²) in [6.07, 6.45) is 5.87. The molecule has 7 heteroatoms. The number of rotatable bonds is 2. The lowest BCUT2D eigenvalue weighted by atomic mass is 9.97. The molecule has 0 radical (unpaired) electrons. The zero-order chi connectivity index (χ0) is 17.6. The van der Waals surface area contributed by atoms with Crippen LogP contribution in [0.3, 0.4) is 0 Å². The zero-order valence-corrected chi connectivity index (χ0v) is 16.2. The number of H-pyrrole nitrogens is 1. The summed E-state index contributed by atoms with van der Waals surface area (Å²) in [6, 6.07) is 4.59. The summed E-state index contributed by atoms with van der Waals surface area (Å²) in [4.78, 5) is 21.9. The van der Waals surface area contributed by atoms with Crippen LogP contribution in [0.25, 0.3) is 21.3 Å². The van der Waals surface area contributed by atoms with Gasteiger partial charge in [0.2, 0.25) is 0 Å². The van der Waals surface area contributed by atoms with Crippen molar-refractivity contribution in [3.05, 3.63) is 60.7 Å². The number of hydrogen-bond acceptors (Lipinski definition) is 3. The molecule has 0 saturated heterocycles. The molecule has 0 fully saturated rings. The summed E-state index contributed by atoms with van der Waals surface area (Å²) in [5, 5.41) is 1.02. The molecule has 25 heavy (non-hydrogen) atoms. The third-order valence-electron chi connectivity index (χ3n) is 4.29. The fourth-order valence-electron chi connectivity index (χ4n) is 3.09. The summed E-state index contributed by atoms with van der Waals surface area (Å²) in [5.41, 5.74) is 1.71. The van der Waals surface area contributed by atoms with Gasteiger partial charge in [-0.25, -0.2) is 9.37 Å². The molecule has 0 aliphatic heterocycles. The van der Waals surface area contributed by atoms with Gasteiger partial charge in [-0.3, -0.25) is 4.79 Å². The Morgan fingerprint density at radius 3 is 2.96 bits per heavy atom. The summed E-state index contributed by atoms with van der Waals surface area (Å²) >= 11 is 11.1. The summed E-state index contributed by atoms with van der Waals surface area (Å²) in [7, 11) is 0. The third kappa shape index (κ3) is 3.18. The predicted molar refractivity (Wildman–Crippen MR) is 105 cm³/mol. The molecular formula is C18H13BrClFN2OS. The minimum Gasteiger partial charge on any atom is -0.305 e. The molecule has 0 atom stereocenters. The van der Waals surface area contributed by atoms with E-state index in [4.69, 9.17) is 11.6 Å². The fraction of sp³-hybridized carbons (Fsp3) is 0.222. The Balaban J connectivity index is 1.79. The molecule has 0 spiro atoms. The van der Waals surface area contributed by atoms with Gasteiger partial charge in [0.1, 0.15) is 10.6 Å². The lowest BCUT2D eigenvalue weighted by Gasteiger charge is -2.09. The highest BCUT2D eigenvalue weighted by Crippen LogP contribution is 2.34. The number of hydrogen-bond donors (Lipinski definition) is 1. The lowest BCUT2D eigenvalue weighted by Crippen LogP contribution is -2.12. The van der Waals surface area contributed by atoms with E-state index in [9.17, 15) is 9.18 Å². The van der Waals surface area contributed by atoms with Crippen molar-refractivity contribution in [3.63, 3.8) is 0 Å². The Kier molecular flexibility index (Phi) is 4.52. The van der Waals surface area contributed by atoms with Crippen LogP contribution in [-0.4, -0.2) is 9.97 Å². The summed E-state index contributed by atoms with van der Waals surface area (Å²) in [6.45, 7) is 0. The number of aromatic amines is 1. The van der Waals surface area contributed by atoms with Gasteiger partial charge in [0, 0.05) is 4.88 Å². The number of nitrogens with one attached hydrogen (secondary N) is 1. The van der Waals surface area contributed by atoms with E-state index in [2.05, 4.69) is 25.9 Å². The molecule has 3 aromatic rings. The molecule has 0 saturated carbocycles. The Morgan fingerprint density at radius 2 is 2.16 bits per heavy atom. The van der Waals surface area contributed by atoms with Crippen molar-refractivity contribution in [2.24, 2.45) is 0 Å². The number of nitrogens with zero attached hydrogens (tertiary/aromatic N) is 1. The van der Waals surface area contributed by atoms with Crippen molar-refractivity contribution in [1.82, 2.24) is 9.97 Å². The molecule has 2 heterocycles. The first kappa shape index (κ1) is 16.9. The quantitative estimate of drug-likeness (QED) is 0.573. The van der Waals surface area contributed by atoms with E-state index in [1.807, 2.05) is 0 Å². The normalized spacial score (nSPS) is 14.8. The predicted octanol–water partition coefficient (Wildman–Crippen LogP) is 5.50. The smallest absolute Gasteiger partial charge is 0.260 e. The molecule has 0 unspecified atom stereocenters. The van der Waals surface area contributed by atoms with Crippen molar-refractivity contribution >= 4 is 60.2 Å². The third-order valence-corrected chi connectivity index (χ3v) is 6.37. The van der Waals surface area contributed by atoms with Crippen LogP contribution < -0.4 is 5.56 Å². The minimum absolute atomic E-state index is 0.147. The molecule has 1 N–H and O–H groups in total. The minimum atomic E-state index is -0.342. The molecular weight excluding hydrogens is 427 g/mol. The van der Waals surface area contributed by atoms with E-state index in [0.29, 0.717) is 26.3 Å². The maximum Gasteiger partial charge on any atom is 0.260 e. The molecule has 3 nitrogen and oxygen atoms in total. The van der Waals surface area contributed by atoms with E-state index in [0.717, 1.165) is 36.1 Å². The fourth-order valence-corrected chi connectivity index (χ4v) is 4.97. The number of fused-ring (bicyclic) bond motifs is 3. The van der Waals surface area contributed by atoms with Crippen LogP contribution in [0, 0.1) is 5.82 Å². The van der Waals surface area contributed by atoms with Gasteiger partial charge in [-0.15, -0.1) is 11.3 Å². The van der Waals surface area contributed by atoms with Gasteiger partial charge in [0.05, 0.1) is 14.9 Å². The van der Waals surface area contributed by atoms with Gasteiger partial charge < -0.3 is 4.98 Å². The Morgan fingerprint density at radius 1 is 1.36 bits per heavy atom. The number of halogens is 3. The van der Waals surface area contributed by atoms with Gasteiger partial charge in [0.25, 0.3) is 5.56 Å². The van der Waals surface area contributed by atoms with Crippen molar-refractivity contribution in [2.75, 3.05) is 0 Å². The first-order valence-electron chi connectivity index (χ1n) is 7.90. The van der Waals surface area contributed by atoms with Gasteiger partial charge >= 0.3 is 0 Å². The molecule has 1 aromatic carbocycles. The van der Waals surface area contributed by atoms with Crippen LogP contribution in [0.5, 0.6) is 0 Å². The standard InChI is InChI=1S/C18H13BrClFN2OS/c19-11-7-9(5-6-13(11)21)8-12(20)16-22-17(24)15-10-3-1-2-4-14(10)25-18(15)23-16/h5-8H,1-4H2,(H,22,23,24)/b12-8-. The second-order valence-electron chi connectivity index (χ2n) is 5.97. The summed E-state index contributed by atoms with van der Waals surface area (Å²) in [5.74, 6) is -0.0106. The van der Waals surface area contributed by atoms with Crippen molar-refractivity contribution in [2.45, 2.75) is 25.7 Å². The number of thiophene rings is 1. The molecule has 2 aromatic heterocycles. The highest BCUT2D eigenvalue weighted by atomic mass is 79.9. The maximum atomic E-state index is 13.3. The molecule has 0 bridgehead atoms. The van der Waals surface area contributed by atoms with E-state index in [1.54, 1.807) is 29.5 Å². The van der Waals surface area contributed by atoms with Gasteiger partial charge in [-0.2, -0.15) is 0 Å². The first-order valence-corrected chi connectivity index (χ1v) is 9.89. The molecule has 0 amide bonds. The molecule has 1 aliphatic carbocycles. The van der Waals surface area contributed by atoms with Crippen LogP contribution in [0.2, 0.25) is 0 Å². The van der Waals surface area contributed by atoms with Gasteiger partial charge in [0.15, 0.2) is 5.82 Å². The monoisotopic (exact) mass is 438 g/mol. The number of aryl methyl sites for hydroxylation is 2. The van der Waals surface area contributed by atoms with E-state index in [1.165, 1.54) is 10.9 Å². The van der Waals surface area contributed by atoms with Crippen molar-refractivity contribution in [3.8, 4) is 0 Å². The lowest BCUT2D eigenvalue weighted by molar-refractivity contribution is 0.621. The highest BCUT2D eigenvalue weighted by molar-refractivity contribution is 9.10. The maximum absolute atomic E-state index is 13.3.